The number of fused-ring (bicyclic) bond motifs is 1. The third-order valence-corrected chi connectivity index (χ3v) is 5.82. The van der Waals surface area contributed by atoms with Crippen molar-refractivity contribution in [3.63, 3.8) is 0 Å². The molecule has 4 heteroatoms. The van der Waals surface area contributed by atoms with Gasteiger partial charge >= 0.3 is 0 Å². The number of nitrogens with zero attached hydrogens (tertiary/aromatic N) is 1. The van der Waals surface area contributed by atoms with E-state index in [1.807, 2.05) is 4.90 Å². The molecule has 0 aromatic carbocycles. The van der Waals surface area contributed by atoms with Crippen LogP contribution in [-0.4, -0.2) is 47.2 Å². The summed E-state index contributed by atoms with van der Waals surface area (Å²) in [5, 5.41) is 14.1. The number of carbonyl (C=O) groups is 1. The molecule has 0 radical (unpaired) electrons. The molecule has 2 saturated heterocycles. The van der Waals surface area contributed by atoms with Crippen LogP contribution in [0.2, 0.25) is 0 Å². The number of hydrogen-bond acceptors (Lipinski definition) is 3. The standard InChI is InChI=1S/C16H28N2O2/c1-12-14(6-4-9-17-12)15(19)18-10-8-16(20)7-3-2-5-13(16)11-18/h12-14,17,20H,2-11H2,1H3. The fourth-order valence-electron chi connectivity index (χ4n) is 4.39. The number of rotatable bonds is 1. The van der Waals surface area contributed by atoms with Crippen molar-refractivity contribution in [3.05, 3.63) is 0 Å². The van der Waals surface area contributed by atoms with Crippen molar-refractivity contribution >= 4 is 5.91 Å². The Balaban J connectivity index is 1.65. The summed E-state index contributed by atoms with van der Waals surface area (Å²) in [7, 11) is 0. The van der Waals surface area contributed by atoms with E-state index in [9.17, 15) is 9.90 Å². The fourth-order valence-corrected chi connectivity index (χ4v) is 4.39. The fraction of sp³-hybridized carbons (Fsp3) is 0.938. The van der Waals surface area contributed by atoms with Crippen molar-refractivity contribution in [3.8, 4) is 0 Å². The maximum atomic E-state index is 12.7. The molecule has 0 aromatic rings. The van der Waals surface area contributed by atoms with E-state index in [-0.39, 0.29) is 5.92 Å². The minimum absolute atomic E-state index is 0.138. The summed E-state index contributed by atoms with van der Waals surface area (Å²) in [6.07, 6.45) is 7.25. The second-order valence-electron chi connectivity index (χ2n) is 7.07. The molecule has 1 aliphatic carbocycles. The first-order valence-electron chi connectivity index (χ1n) is 8.35. The Morgan fingerprint density at radius 2 is 2.10 bits per heavy atom. The maximum absolute atomic E-state index is 12.7. The summed E-state index contributed by atoms with van der Waals surface area (Å²) < 4.78 is 0. The minimum atomic E-state index is -0.481. The van der Waals surface area contributed by atoms with Crippen LogP contribution < -0.4 is 5.32 Å². The highest BCUT2D eigenvalue weighted by molar-refractivity contribution is 5.79. The molecule has 0 aromatic heterocycles. The van der Waals surface area contributed by atoms with Crippen molar-refractivity contribution < 1.29 is 9.90 Å². The van der Waals surface area contributed by atoms with E-state index >= 15 is 0 Å². The number of amides is 1. The van der Waals surface area contributed by atoms with Crippen LogP contribution in [0.3, 0.4) is 0 Å². The Bertz CT molecular complexity index is 373. The van der Waals surface area contributed by atoms with Gasteiger partial charge in [0.25, 0.3) is 0 Å². The zero-order chi connectivity index (χ0) is 14.2. The molecule has 114 valence electrons. The Hall–Kier alpha value is -0.610. The molecule has 3 fully saturated rings. The largest absolute Gasteiger partial charge is 0.389 e. The van der Waals surface area contributed by atoms with Gasteiger partial charge in [0.05, 0.1) is 11.5 Å². The quantitative estimate of drug-likeness (QED) is 0.766. The summed E-state index contributed by atoms with van der Waals surface area (Å²) in [6.45, 7) is 4.68. The van der Waals surface area contributed by atoms with Gasteiger partial charge in [-0.15, -0.1) is 0 Å². The molecule has 4 nitrogen and oxygen atoms in total. The highest BCUT2D eigenvalue weighted by Gasteiger charge is 2.45. The normalized spacial score (nSPS) is 42.1. The lowest BCUT2D eigenvalue weighted by Gasteiger charge is -2.48. The zero-order valence-corrected chi connectivity index (χ0v) is 12.6. The van der Waals surface area contributed by atoms with Crippen LogP contribution in [-0.2, 0) is 4.79 Å². The molecule has 0 spiro atoms. The first-order valence-corrected chi connectivity index (χ1v) is 8.35. The summed E-state index contributed by atoms with van der Waals surface area (Å²) in [5.41, 5.74) is -0.481. The minimum Gasteiger partial charge on any atom is -0.389 e. The van der Waals surface area contributed by atoms with Crippen LogP contribution >= 0.6 is 0 Å². The molecular weight excluding hydrogens is 252 g/mol. The lowest BCUT2D eigenvalue weighted by atomic mass is 9.71. The molecule has 3 rings (SSSR count). The van der Waals surface area contributed by atoms with Crippen molar-refractivity contribution in [2.45, 2.75) is 63.5 Å². The highest BCUT2D eigenvalue weighted by atomic mass is 16.3. The van der Waals surface area contributed by atoms with Crippen LogP contribution in [0.1, 0.15) is 51.9 Å². The molecule has 20 heavy (non-hydrogen) atoms. The molecular formula is C16H28N2O2. The predicted octanol–water partition coefficient (Wildman–Crippen LogP) is 1.53. The highest BCUT2D eigenvalue weighted by Crippen LogP contribution is 2.40. The van der Waals surface area contributed by atoms with Crippen molar-refractivity contribution in [1.82, 2.24) is 10.2 Å². The summed E-state index contributed by atoms with van der Waals surface area (Å²) >= 11 is 0. The van der Waals surface area contributed by atoms with Crippen LogP contribution in [0.25, 0.3) is 0 Å². The van der Waals surface area contributed by atoms with Crippen LogP contribution in [0.15, 0.2) is 0 Å². The molecule has 2 heterocycles. The van der Waals surface area contributed by atoms with Gasteiger partial charge in [-0.3, -0.25) is 4.79 Å². The number of nitrogens with one attached hydrogen (secondary N) is 1. The van der Waals surface area contributed by atoms with E-state index < -0.39 is 5.60 Å². The smallest absolute Gasteiger partial charge is 0.227 e. The Kier molecular flexibility index (Phi) is 4.04. The van der Waals surface area contributed by atoms with E-state index in [4.69, 9.17) is 0 Å². The third-order valence-electron chi connectivity index (χ3n) is 5.82. The van der Waals surface area contributed by atoms with Crippen LogP contribution in [0.5, 0.6) is 0 Å². The number of likely N-dealkylation sites (tertiary alicyclic amines) is 1. The molecule has 0 bridgehead atoms. The lowest BCUT2D eigenvalue weighted by Crippen LogP contribution is -2.57. The molecule has 1 saturated carbocycles. The maximum Gasteiger partial charge on any atom is 0.227 e. The Morgan fingerprint density at radius 3 is 2.90 bits per heavy atom. The predicted molar refractivity (Wildman–Crippen MR) is 78.3 cm³/mol. The van der Waals surface area contributed by atoms with Gasteiger partial charge in [-0.2, -0.15) is 0 Å². The third kappa shape index (κ3) is 2.60. The second kappa shape index (κ2) is 5.64. The van der Waals surface area contributed by atoms with Gasteiger partial charge in [-0.1, -0.05) is 12.8 Å². The molecule has 2 aliphatic heterocycles. The van der Waals surface area contributed by atoms with E-state index in [1.54, 1.807) is 0 Å². The summed E-state index contributed by atoms with van der Waals surface area (Å²) in [6, 6.07) is 0.295. The molecule has 1 amide bonds. The van der Waals surface area contributed by atoms with Crippen molar-refractivity contribution in [1.29, 1.82) is 0 Å². The molecule has 4 atom stereocenters. The zero-order valence-electron chi connectivity index (χ0n) is 12.6. The Labute approximate surface area is 121 Å². The number of carbonyl (C=O) groups excluding carboxylic acids is 1. The van der Waals surface area contributed by atoms with Crippen molar-refractivity contribution in [2.24, 2.45) is 11.8 Å². The van der Waals surface area contributed by atoms with E-state index in [0.717, 1.165) is 58.2 Å². The first kappa shape index (κ1) is 14.3. The van der Waals surface area contributed by atoms with E-state index in [0.29, 0.717) is 17.9 Å². The van der Waals surface area contributed by atoms with Gasteiger partial charge in [0, 0.05) is 25.0 Å². The Morgan fingerprint density at radius 1 is 1.25 bits per heavy atom. The SMILES string of the molecule is CC1NCCCC1C(=O)N1CCC2(O)CCCCC2C1. The first-order chi connectivity index (χ1) is 9.60. The van der Waals surface area contributed by atoms with Gasteiger partial charge in [-0.05, 0) is 45.6 Å². The van der Waals surface area contributed by atoms with Crippen LogP contribution in [0, 0.1) is 11.8 Å². The van der Waals surface area contributed by atoms with Gasteiger partial charge in [-0.25, -0.2) is 0 Å². The van der Waals surface area contributed by atoms with Gasteiger partial charge < -0.3 is 15.3 Å². The molecule has 3 aliphatic rings. The monoisotopic (exact) mass is 280 g/mol. The van der Waals surface area contributed by atoms with Crippen LogP contribution in [0.4, 0.5) is 0 Å². The van der Waals surface area contributed by atoms with Gasteiger partial charge in [0.2, 0.25) is 5.91 Å². The topological polar surface area (TPSA) is 52.6 Å². The number of aliphatic hydroxyl groups is 1. The number of hydrogen-bond donors (Lipinski definition) is 2. The van der Waals surface area contributed by atoms with Crippen molar-refractivity contribution in [2.75, 3.05) is 19.6 Å². The number of piperidine rings is 2. The summed E-state index contributed by atoms with van der Waals surface area (Å²) in [5.74, 6) is 0.761. The summed E-state index contributed by atoms with van der Waals surface area (Å²) in [4.78, 5) is 14.8. The second-order valence-corrected chi connectivity index (χ2v) is 7.07. The molecule has 4 unspecified atom stereocenters. The average Bonchev–Trinajstić information content (AvgIpc) is 2.46. The van der Waals surface area contributed by atoms with Gasteiger partial charge in [0.15, 0.2) is 0 Å². The molecule has 2 N–H and O–H groups in total. The lowest BCUT2D eigenvalue weighted by molar-refractivity contribution is -0.148. The van der Waals surface area contributed by atoms with E-state index in [1.165, 1.54) is 6.42 Å². The average molecular weight is 280 g/mol. The van der Waals surface area contributed by atoms with Gasteiger partial charge in [0.1, 0.15) is 0 Å². The van der Waals surface area contributed by atoms with E-state index in [2.05, 4.69) is 12.2 Å².